The summed E-state index contributed by atoms with van der Waals surface area (Å²) in [5, 5.41) is 14.7. The predicted octanol–water partition coefficient (Wildman–Crippen LogP) is 1.95. The molecule has 1 aromatic rings. The maximum Gasteiger partial charge on any atom is 0.315 e. The molecular formula is C11H18N2O3S. The molecule has 0 aromatic carbocycles. The minimum Gasteiger partial charge on any atom is -0.481 e. The molecule has 2 N–H and O–H groups in total. The molecule has 0 spiro atoms. The summed E-state index contributed by atoms with van der Waals surface area (Å²) in [7, 11) is 1.65. The van der Waals surface area contributed by atoms with Gasteiger partial charge < -0.3 is 15.2 Å². The summed E-state index contributed by atoms with van der Waals surface area (Å²) in [6.07, 6.45) is 0.0924. The zero-order valence-corrected chi connectivity index (χ0v) is 11.3. The first kappa shape index (κ1) is 13.9. The van der Waals surface area contributed by atoms with Crippen LogP contribution in [0.5, 0.6) is 0 Å². The number of carboxylic acids is 1. The number of anilines is 1. The van der Waals surface area contributed by atoms with Crippen molar-refractivity contribution in [2.45, 2.75) is 32.3 Å². The molecular weight excluding hydrogens is 240 g/mol. The third-order valence-corrected chi connectivity index (χ3v) is 3.42. The average Bonchev–Trinajstić information content (AvgIpc) is 2.74. The summed E-state index contributed by atoms with van der Waals surface area (Å²) in [6, 6.07) is 0. The number of carbonyl (C=O) groups is 1. The highest BCUT2D eigenvalue weighted by Crippen LogP contribution is 2.27. The van der Waals surface area contributed by atoms with Gasteiger partial charge in [0, 0.05) is 19.0 Å². The smallest absolute Gasteiger partial charge is 0.315 e. The molecule has 0 radical (unpaired) electrons. The quantitative estimate of drug-likeness (QED) is 0.816. The highest BCUT2D eigenvalue weighted by atomic mass is 32.1. The molecule has 0 bridgehead atoms. The Morgan fingerprint density at radius 3 is 2.88 bits per heavy atom. The van der Waals surface area contributed by atoms with Gasteiger partial charge in [-0.3, -0.25) is 4.79 Å². The zero-order valence-electron chi connectivity index (χ0n) is 10.5. The van der Waals surface area contributed by atoms with Gasteiger partial charge in [0.15, 0.2) is 5.13 Å². The van der Waals surface area contributed by atoms with E-state index in [4.69, 9.17) is 9.84 Å². The summed E-state index contributed by atoms with van der Waals surface area (Å²) >= 11 is 1.41. The van der Waals surface area contributed by atoms with E-state index in [1.807, 2.05) is 6.92 Å². The Balaban J connectivity index is 2.69. The van der Waals surface area contributed by atoms with Gasteiger partial charge in [-0.1, -0.05) is 0 Å². The SMILES string of the molecule is COC(C)CNc1nc(C(C)(C)C(=O)O)cs1. The molecule has 1 aromatic heterocycles. The summed E-state index contributed by atoms with van der Waals surface area (Å²) in [5.41, 5.74) is -0.383. The molecule has 1 atom stereocenters. The van der Waals surface area contributed by atoms with E-state index in [0.717, 1.165) is 5.13 Å². The van der Waals surface area contributed by atoms with Crippen molar-refractivity contribution in [1.29, 1.82) is 0 Å². The first-order valence-corrected chi connectivity index (χ1v) is 6.22. The van der Waals surface area contributed by atoms with E-state index in [2.05, 4.69) is 10.3 Å². The van der Waals surface area contributed by atoms with E-state index in [0.29, 0.717) is 12.2 Å². The lowest BCUT2D eigenvalue weighted by Crippen LogP contribution is -2.29. The van der Waals surface area contributed by atoms with E-state index in [1.165, 1.54) is 11.3 Å². The molecule has 0 aliphatic heterocycles. The van der Waals surface area contributed by atoms with Crippen LogP contribution in [0.2, 0.25) is 0 Å². The second-order valence-corrected chi connectivity index (χ2v) is 5.25. The number of aromatic nitrogens is 1. The van der Waals surface area contributed by atoms with Crippen molar-refractivity contribution >= 4 is 22.4 Å². The second-order valence-electron chi connectivity index (χ2n) is 4.40. The summed E-state index contributed by atoms with van der Waals surface area (Å²) in [4.78, 5) is 15.3. The number of nitrogens with zero attached hydrogens (tertiary/aromatic N) is 1. The van der Waals surface area contributed by atoms with Crippen LogP contribution in [0.4, 0.5) is 5.13 Å². The van der Waals surface area contributed by atoms with Gasteiger partial charge in [0.2, 0.25) is 0 Å². The van der Waals surface area contributed by atoms with Crippen LogP contribution < -0.4 is 5.32 Å². The van der Waals surface area contributed by atoms with Crippen LogP contribution in [0.1, 0.15) is 26.5 Å². The van der Waals surface area contributed by atoms with Crippen LogP contribution in [0.15, 0.2) is 5.38 Å². The van der Waals surface area contributed by atoms with Gasteiger partial charge in [-0.15, -0.1) is 11.3 Å². The highest BCUT2D eigenvalue weighted by molar-refractivity contribution is 7.13. The van der Waals surface area contributed by atoms with Crippen molar-refractivity contribution in [2.75, 3.05) is 19.0 Å². The van der Waals surface area contributed by atoms with E-state index in [9.17, 15) is 4.79 Å². The van der Waals surface area contributed by atoms with Crippen molar-refractivity contribution in [3.05, 3.63) is 11.1 Å². The normalized spacial score (nSPS) is 13.4. The Morgan fingerprint density at radius 1 is 1.71 bits per heavy atom. The molecule has 0 aliphatic carbocycles. The average molecular weight is 258 g/mol. The summed E-state index contributed by atoms with van der Waals surface area (Å²) in [5.74, 6) is -0.875. The number of hydrogen-bond donors (Lipinski definition) is 2. The number of aliphatic carboxylic acids is 1. The van der Waals surface area contributed by atoms with Gasteiger partial charge in [-0.2, -0.15) is 0 Å². The Kier molecular flexibility index (Phi) is 4.47. The van der Waals surface area contributed by atoms with Gasteiger partial charge in [-0.05, 0) is 20.8 Å². The fraction of sp³-hybridized carbons (Fsp3) is 0.636. The largest absolute Gasteiger partial charge is 0.481 e. The van der Waals surface area contributed by atoms with Crippen LogP contribution in [0.25, 0.3) is 0 Å². The third-order valence-electron chi connectivity index (χ3n) is 2.62. The summed E-state index contributed by atoms with van der Waals surface area (Å²) < 4.78 is 5.10. The van der Waals surface area contributed by atoms with Crippen LogP contribution in [0, 0.1) is 0 Å². The topological polar surface area (TPSA) is 71.5 Å². The molecule has 5 nitrogen and oxygen atoms in total. The Hall–Kier alpha value is -1.14. The standard InChI is InChI=1S/C11H18N2O3S/c1-7(16-4)5-12-10-13-8(6-17-10)11(2,3)9(14)15/h6-7H,5H2,1-4H3,(H,12,13)(H,14,15). The van der Waals surface area contributed by atoms with Gasteiger partial charge in [0.1, 0.15) is 5.41 Å². The lowest BCUT2D eigenvalue weighted by atomic mass is 9.90. The van der Waals surface area contributed by atoms with Crippen LogP contribution >= 0.6 is 11.3 Å². The van der Waals surface area contributed by atoms with E-state index in [-0.39, 0.29) is 6.10 Å². The van der Waals surface area contributed by atoms with Gasteiger partial charge >= 0.3 is 5.97 Å². The molecule has 6 heteroatoms. The number of methoxy groups -OCH3 is 1. The molecule has 0 fully saturated rings. The van der Waals surface area contributed by atoms with Crippen LogP contribution in [-0.2, 0) is 14.9 Å². The van der Waals surface area contributed by atoms with E-state index in [1.54, 1.807) is 26.3 Å². The predicted molar refractivity (Wildman–Crippen MR) is 67.7 cm³/mol. The van der Waals surface area contributed by atoms with E-state index >= 15 is 0 Å². The molecule has 17 heavy (non-hydrogen) atoms. The lowest BCUT2D eigenvalue weighted by Gasteiger charge is -2.15. The fourth-order valence-electron chi connectivity index (χ4n) is 1.07. The molecule has 0 saturated heterocycles. The maximum atomic E-state index is 11.1. The van der Waals surface area contributed by atoms with Gasteiger partial charge in [0.25, 0.3) is 0 Å². The minimum absolute atomic E-state index is 0.0924. The fourth-order valence-corrected chi connectivity index (χ4v) is 1.95. The first-order valence-electron chi connectivity index (χ1n) is 5.34. The maximum absolute atomic E-state index is 11.1. The number of rotatable bonds is 6. The number of nitrogens with one attached hydrogen (secondary N) is 1. The van der Waals surface area contributed by atoms with Crippen molar-refractivity contribution in [3.8, 4) is 0 Å². The van der Waals surface area contributed by atoms with Gasteiger partial charge in [0.05, 0.1) is 11.8 Å². The first-order chi connectivity index (χ1) is 7.87. The van der Waals surface area contributed by atoms with Crippen molar-refractivity contribution < 1.29 is 14.6 Å². The third kappa shape index (κ3) is 3.41. The van der Waals surface area contributed by atoms with Crippen LogP contribution in [-0.4, -0.2) is 35.8 Å². The van der Waals surface area contributed by atoms with Crippen molar-refractivity contribution in [3.63, 3.8) is 0 Å². The van der Waals surface area contributed by atoms with Gasteiger partial charge in [-0.25, -0.2) is 4.98 Å². The molecule has 0 amide bonds. The molecule has 1 rings (SSSR count). The Bertz CT molecular complexity index is 390. The lowest BCUT2D eigenvalue weighted by molar-refractivity contribution is -0.142. The second kappa shape index (κ2) is 5.46. The number of carboxylic acid groups (broad SMARTS) is 1. The van der Waals surface area contributed by atoms with Crippen molar-refractivity contribution in [2.24, 2.45) is 0 Å². The van der Waals surface area contributed by atoms with Crippen molar-refractivity contribution in [1.82, 2.24) is 4.98 Å². The monoisotopic (exact) mass is 258 g/mol. The zero-order chi connectivity index (χ0) is 13.1. The molecule has 0 saturated carbocycles. The van der Waals surface area contributed by atoms with E-state index < -0.39 is 11.4 Å². The number of ether oxygens (including phenoxy) is 1. The molecule has 96 valence electrons. The number of hydrogen-bond acceptors (Lipinski definition) is 5. The number of thiazole rings is 1. The minimum atomic E-state index is -0.955. The summed E-state index contributed by atoms with van der Waals surface area (Å²) in [6.45, 7) is 5.89. The van der Waals surface area contributed by atoms with Crippen LogP contribution in [0.3, 0.4) is 0 Å². The molecule has 1 unspecified atom stereocenters. The molecule has 0 aliphatic rings. The Labute approximate surface area is 105 Å². The highest BCUT2D eigenvalue weighted by Gasteiger charge is 2.32. The Morgan fingerprint density at radius 2 is 2.35 bits per heavy atom. The molecule has 1 heterocycles.